The zero-order valence-corrected chi connectivity index (χ0v) is 12.3. The maximum absolute atomic E-state index is 12.3. The quantitative estimate of drug-likeness (QED) is 0.836. The smallest absolute Gasteiger partial charge is 0.328 e. The zero-order valence-electron chi connectivity index (χ0n) is 12.3. The monoisotopic (exact) mass is 287 g/mol. The standard InChI is InChI=1S/C17H21NO3/c1-12-9-13(7-8-16(19)20)11-14(10-12)17(21)18-15-5-3-2-4-6-15/h7-11,15H,2-6H2,1H3,(H,18,21)(H,19,20)/b8-7+. The first-order valence-corrected chi connectivity index (χ1v) is 7.38. The van der Waals surface area contributed by atoms with E-state index in [0.29, 0.717) is 5.56 Å². The molecular formula is C17H21NO3. The molecule has 1 saturated carbocycles. The van der Waals surface area contributed by atoms with E-state index in [1.54, 1.807) is 6.07 Å². The number of carbonyl (C=O) groups excluding carboxylic acids is 1. The molecule has 0 saturated heterocycles. The Kier molecular flexibility index (Phi) is 5.14. The first-order valence-electron chi connectivity index (χ1n) is 7.38. The van der Waals surface area contributed by atoms with Crippen molar-refractivity contribution in [2.24, 2.45) is 0 Å². The lowest BCUT2D eigenvalue weighted by molar-refractivity contribution is -0.131. The molecule has 1 aliphatic carbocycles. The molecular weight excluding hydrogens is 266 g/mol. The number of benzene rings is 1. The van der Waals surface area contributed by atoms with Gasteiger partial charge in [-0.25, -0.2) is 4.79 Å². The van der Waals surface area contributed by atoms with Gasteiger partial charge in [-0.05, 0) is 49.1 Å². The van der Waals surface area contributed by atoms with Crippen LogP contribution in [0.2, 0.25) is 0 Å². The molecule has 1 aromatic rings. The highest BCUT2D eigenvalue weighted by atomic mass is 16.4. The molecule has 0 radical (unpaired) electrons. The van der Waals surface area contributed by atoms with Gasteiger partial charge in [-0.15, -0.1) is 0 Å². The molecule has 0 bridgehead atoms. The Labute approximate surface area is 124 Å². The number of carboxylic acid groups (broad SMARTS) is 1. The van der Waals surface area contributed by atoms with Crippen molar-refractivity contribution in [2.75, 3.05) is 0 Å². The predicted octanol–water partition coefficient (Wildman–Crippen LogP) is 3.16. The highest BCUT2D eigenvalue weighted by Crippen LogP contribution is 2.18. The van der Waals surface area contributed by atoms with E-state index in [4.69, 9.17) is 5.11 Å². The van der Waals surface area contributed by atoms with Crippen molar-refractivity contribution in [3.05, 3.63) is 41.0 Å². The topological polar surface area (TPSA) is 66.4 Å². The highest BCUT2D eigenvalue weighted by Gasteiger charge is 2.16. The summed E-state index contributed by atoms with van der Waals surface area (Å²) in [5, 5.41) is 11.7. The molecule has 1 aromatic carbocycles. The predicted molar refractivity (Wildman–Crippen MR) is 82.2 cm³/mol. The molecule has 0 heterocycles. The number of aliphatic carboxylic acids is 1. The van der Waals surface area contributed by atoms with Crippen LogP contribution < -0.4 is 5.32 Å². The van der Waals surface area contributed by atoms with Crippen molar-refractivity contribution in [2.45, 2.75) is 45.1 Å². The summed E-state index contributed by atoms with van der Waals surface area (Å²) in [5.41, 5.74) is 2.26. The maximum atomic E-state index is 12.3. The molecule has 0 unspecified atom stereocenters. The number of nitrogens with one attached hydrogen (secondary N) is 1. The van der Waals surface area contributed by atoms with Crippen LogP contribution in [0.1, 0.15) is 53.6 Å². The lowest BCUT2D eigenvalue weighted by atomic mass is 9.95. The molecule has 1 aliphatic rings. The summed E-state index contributed by atoms with van der Waals surface area (Å²) in [6.45, 7) is 1.90. The van der Waals surface area contributed by atoms with Crippen molar-refractivity contribution >= 4 is 18.0 Å². The van der Waals surface area contributed by atoms with Gasteiger partial charge in [0.05, 0.1) is 0 Å². The first kappa shape index (κ1) is 15.3. The number of rotatable bonds is 4. The van der Waals surface area contributed by atoms with Crippen LogP contribution in [0.5, 0.6) is 0 Å². The van der Waals surface area contributed by atoms with Crippen LogP contribution in [-0.4, -0.2) is 23.0 Å². The zero-order chi connectivity index (χ0) is 15.2. The average molecular weight is 287 g/mol. The number of carbonyl (C=O) groups is 2. The van der Waals surface area contributed by atoms with Crippen molar-refractivity contribution in [3.8, 4) is 0 Å². The Hall–Kier alpha value is -2.10. The Balaban J connectivity index is 2.10. The van der Waals surface area contributed by atoms with Gasteiger partial charge < -0.3 is 10.4 Å². The molecule has 0 aliphatic heterocycles. The fraction of sp³-hybridized carbons (Fsp3) is 0.412. The molecule has 4 heteroatoms. The minimum absolute atomic E-state index is 0.0735. The van der Waals surface area contributed by atoms with Crippen molar-refractivity contribution in [1.82, 2.24) is 5.32 Å². The van der Waals surface area contributed by atoms with Crippen LogP contribution in [0, 0.1) is 6.92 Å². The second kappa shape index (κ2) is 7.07. The molecule has 21 heavy (non-hydrogen) atoms. The second-order valence-corrected chi connectivity index (χ2v) is 5.61. The normalized spacial score (nSPS) is 16.0. The van der Waals surface area contributed by atoms with Crippen molar-refractivity contribution < 1.29 is 14.7 Å². The van der Waals surface area contributed by atoms with E-state index in [9.17, 15) is 9.59 Å². The fourth-order valence-electron chi connectivity index (χ4n) is 2.72. The lowest BCUT2D eigenvalue weighted by Crippen LogP contribution is -2.36. The first-order chi connectivity index (χ1) is 10.0. The number of amides is 1. The van der Waals surface area contributed by atoms with Crippen LogP contribution >= 0.6 is 0 Å². The third kappa shape index (κ3) is 4.74. The van der Waals surface area contributed by atoms with Crippen LogP contribution in [0.4, 0.5) is 0 Å². The van der Waals surface area contributed by atoms with Crippen molar-refractivity contribution in [3.63, 3.8) is 0 Å². The summed E-state index contributed by atoms with van der Waals surface area (Å²) in [5.74, 6) is -1.07. The summed E-state index contributed by atoms with van der Waals surface area (Å²) in [6, 6.07) is 5.68. The van der Waals surface area contributed by atoms with Gasteiger partial charge in [0.25, 0.3) is 5.91 Å². The van der Waals surface area contributed by atoms with E-state index in [-0.39, 0.29) is 11.9 Å². The van der Waals surface area contributed by atoms with Crippen LogP contribution in [0.3, 0.4) is 0 Å². The van der Waals surface area contributed by atoms with E-state index >= 15 is 0 Å². The van der Waals surface area contributed by atoms with Gasteiger partial charge in [-0.1, -0.05) is 25.3 Å². The number of hydrogen-bond acceptors (Lipinski definition) is 2. The van der Waals surface area contributed by atoms with Gasteiger partial charge in [-0.2, -0.15) is 0 Å². The minimum atomic E-state index is -0.996. The molecule has 112 valence electrons. The Bertz CT molecular complexity index is 557. The average Bonchev–Trinajstić information content (AvgIpc) is 2.45. The molecule has 4 nitrogen and oxygen atoms in total. The van der Waals surface area contributed by atoms with E-state index < -0.39 is 5.97 Å². The molecule has 2 N–H and O–H groups in total. The molecule has 2 rings (SSSR count). The molecule has 0 atom stereocenters. The third-order valence-corrected chi connectivity index (χ3v) is 3.72. The molecule has 0 spiro atoms. The highest BCUT2D eigenvalue weighted by molar-refractivity contribution is 5.95. The molecule has 1 fully saturated rings. The summed E-state index contributed by atoms with van der Waals surface area (Å²) in [7, 11) is 0. The summed E-state index contributed by atoms with van der Waals surface area (Å²) in [6.07, 6.45) is 8.27. The third-order valence-electron chi connectivity index (χ3n) is 3.72. The van der Waals surface area contributed by atoms with Gasteiger partial charge >= 0.3 is 5.97 Å². The number of aryl methyl sites for hydroxylation is 1. The fourth-order valence-corrected chi connectivity index (χ4v) is 2.72. The molecule has 0 aromatic heterocycles. The summed E-state index contributed by atoms with van der Waals surface area (Å²) >= 11 is 0. The maximum Gasteiger partial charge on any atom is 0.328 e. The largest absolute Gasteiger partial charge is 0.478 e. The number of carboxylic acids is 1. The van der Waals surface area contributed by atoms with Crippen LogP contribution in [-0.2, 0) is 4.79 Å². The lowest BCUT2D eigenvalue weighted by Gasteiger charge is -2.22. The minimum Gasteiger partial charge on any atom is -0.478 e. The molecule has 1 amide bonds. The van der Waals surface area contributed by atoms with E-state index in [0.717, 1.165) is 30.0 Å². The Morgan fingerprint density at radius 2 is 1.90 bits per heavy atom. The van der Waals surface area contributed by atoms with Crippen LogP contribution in [0.25, 0.3) is 6.08 Å². The van der Waals surface area contributed by atoms with Gasteiger partial charge in [0.2, 0.25) is 0 Å². The van der Waals surface area contributed by atoms with Gasteiger partial charge in [0.1, 0.15) is 0 Å². The second-order valence-electron chi connectivity index (χ2n) is 5.61. The van der Waals surface area contributed by atoms with Gasteiger partial charge in [0.15, 0.2) is 0 Å². The summed E-state index contributed by atoms with van der Waals surface area (Å²) in [4.78, 5) is 22.9. The Morgan fingerprint density at radius 1 is 1.19 bits per heavy atom. The van der Waals surface area contributed by atoms with E-state index in [1.807, 2.05) is 19.1 Å². The van der Waals surface area contributed by atoms with E-state index in [2.05, 4.69) is 5.32 Å². The SMILES string of the molecule is Cc1cc(/C=C/C(=O)O)cc(C(=O)NC2CCCCC2)c1. The van der Waals surface area contributed by atoms with Gasteiger partial charge in [-0.3, -0.25) is 4.79 Å². The van der Waals surface area contributed by atoms with Crippen molar-refractivity contribution in [1.29, 1.82) is 0 Å². The van der Waals surface area contributed by atoms with E-state index in [1.165, 1.54) is 25.3 Å². The number of hydrogen-bond donors (Lipinski definition) is 2. The summed E-state index contributed by atoms with van der Waals surface area (Å²) < 4.78 is 0. The van der Waals surface area contributed by atoms with Gasteiger partial charge in [0, 0.05) is 17.7 Å². The Morgan fingerprint density at radius 3 is 2.57 bits per heavy atom. The van der Waals surface area contributed by atoms with Crippen LogP contribution in [0.15, 0.2) is 24.3 Å².